The van der Waals surface area contributed by atoms with Gasteiger partial charge in [-0.15, -0.1) is 0 Å². The van der Waals surface area contributed by atoms with E-state index in [1.54, 1.807) is 0 Å². The van der Waals surface area contributed by atoms with Crippen LogP contribution < -0.4 is 5.73 Å². The number of aliphatic hydroxyl groups is 1. The van der Waals surface area contributed by atoms with Crippen molar-refractivity contribution in [3.05, 3.63) is 0 Å². The zero-order valence-corrected chi connectivity index (χ0v) is 15.4. The van der Waals surface area contributed by atoms with E-state index in [-0.39, 0.29) is 17.6 Å². The molecule has 4 aliphatic carbocycles. The largest absolute Gasteiger partial charge is 0.393 e. The zero-order chi connectivity index (χ0) is 16.4. The van der Waals surface area contributed by atoms with E-state index in [4.69, 9.17) is 5.73 Å². The molecule has 4 saturated carbocycles. The minimum atomic E-state index is -0.0912. The molecule has 2 unspecified atom stereocenters. The predicted octanol–water partition coefficient (Wildman–Crippen LogP) is 4.35. The molecule has 0 radical (unpaired) electrons. The van der Waals surface area contributed by atoms with Crippen LogP contribution in [0.5, 0.6) is 0 Å². The van der Waals surface area contributed by atoms with Crippen molar-refractivity contribution in [2.45, 2.75) is 90.7 Å². The van der Waals surface area contributed by atoms with Gasteiger partial charge in [0.1, 0.15) is 0 Å². The molecular weight excluding hydrogens is 282 g/mol. The Hall–Kier alpha value is -0.0800. The lowest BCUT2D eigenvalue weighted by Gasteiger charge is -2.62. The van der Waals surface area contributed by atoms with Gasteiger partial charge in [-0.25, -0.2) is 0 Å². The summed E-state index contributed by atoms with van der Waals surface area (Å²) >= 11 is 0. The van der Waals surface area contributed by atoms with E-state index in [1.165, 1.54) is 51.4 Å². The molecule has 23 heavy (non-hydrogen) atoms. The van der Waals surface area contributed by atoms with E-state index >= 15 is 0 Å². The second kappa shape index (κ2) is 5.46. The van der Waals surface area contributed by atoms with Gasteiger partial charge < -0.3 is 10.8 Å². The van der Waals surface area contributed by atoms with Gasteiger partial charge in [-0.2, -0.15) is 0 Å². The molecule has 0 bridgehead atoms. The fourth-order valence-electron chi connectivity index (χ4n) is 8.32. The van der Waals surface area contributed by atoms with Gasteiger partial charge in [0.15, 0.2) is 0 Å². The van der Waals surface area contributed by atoms with Gasteiger partial charge in [-0.05, 0) is 92.3 Å². The van der Waals surface area contributed by atoms with E-state index in [0.29, 0.717) is 17.3 Å². The van der Waals surface area contributed by atoms with Crippen molar-refractivity contribution in [3.8, 4) is 0 Å². The summed E-state index contributed by atoms with van der Waals surface area (Å²) in [5.74, 6) is 3.62. The first-order valence-electron chi connectivity index (χ1n) is 10.3. The molecule has 132 valence electrons. The van der Waals surface area contributed by atoms with Crippen LogP contribution in [-0.2, 0) is 0 Å². The van der Waals surface area contributed by atoms with Crippen molar-refractivity contribution in [3.63, 3.8) is 0 Å². The third kappa shape index (κ3) is 2.20. The summed E-state index contributed by atoms with van der Waals surface area (Å²) in [6.07, 6.45) is 11.9. The van der Waals surface area contributed by atoms with Crippen LogP contribution in [-0.4, -0.2) is 17.3 Å². The van der Waals surface area contributed by atoms with Crippen LogP contribution in [0.1, 0.15) is 78.6 Å². The second-order valence-electron chi connectivity index (χ2n) is 10.1. The smallest absolute Gasteiger partial charge is 0.0581 e. The van der Waals surface area contributed by atoms with Crippen molar-refractivity contribution in [2.75, 3.05) is 0 Å². The summed E-state index contributed by atoms with van der Waals surface area (Å²) in [6, 6.07) is 0.273. The average Bonchev–Trinajstić information content (AvgIpc) is 2.82. The lowest BCUT2D eigenvalue weighted by atomic mass is 9.44. The van der Waals surface area contributed by atoms with Crippen molar-refractivity contribution in [1.29, 1.82) is 0 Å². The standard InChI is InChI=1S/C21H37NO/c1-13(22)16-9-10-17-15-8-7-14-6-4-5-11-20(14,2)19(15)18(23)12-21(16,17)3/h13-19,23H,4-12,22H2,1-3H3/t13?,14?,15-,16+,17-,18-,19+,20-,21+/m0/s1. The van der Waals surface area contributed by atoms with E-state index < -0.39 is 0 Å². The molecule has 0 aromatic heterocycles. The highest BCUT2D eigenvalue weighted by atomic mass is 16.3. The predicted molar refractivity (Wildman–Crippen MR) is 94.9 cm³/mol. The highest BCUT2D eigenvalue weighted by molar-refractivity contribution is 5.12. The van der Waals surface area contributed by atoms with Crippen molar-refractivity contribution in [1.82, 2.24) is 0 Å². The third-order valence-corrected chi connectivity index (χ3v) is 9.22. The minimum Gasteiger partial charge on any atom is -0.393 e. The van der Waals surface area contributed by atoms with Gasteiger partial charge in [-0.1, -0.05) is 26.7 Å². The monoisotopic (exact) mass is 319 g/mol. The van der Waals surface area contributed by atoms with Gasteiger partial charge in [0.05, 0.1) is 6.10 Å². The maximum absolute atomic E-state index is 11.3. The molecule has 9 atom stereocenters. The molecule has 0 aromatic rings. The van der Waals surface area contributed by atoms with E-state index in [0.717, 1.165) is 24.2 Å². The Kier molecular flexibility index (Phi) is 3.89. The van der Waals surface area contributed by atoms with Gasteiger partial charge in [0.2, 0.25) is 0 Å². The number of rotatable bonds is 1. The van der Waals surface area contributed by atoms with Gasteiger partial charge in [0.25, 0.3) is 0 Å². The maximum atomic E-state index is 11.3. The molecule has 4 aliphatic rings. The second-order valence-corrected chi connectivity index (χ2v) is 10.1. The van der Waals surface area contributed by atoms with Crippen LogP contribution in [0.15, 0.2) is 0 Å². The van der Waals surface area contributed by atoms with Crippen LogP contribution in [0, 0.1) is 40.4 Å². The molecule has 0 aromatic carbocycles. The SMILES string of the molecule is CC(N)[C@H]1CC[C@H]2[C@@H]3CCC4CCCC[C@]4(C)[C@H]3[C@@H](O)C[C@]12C. The van der Waals surface area contributed by atoms with Crippen LogP contribution >= 0.6 is 0 Å². The molecule has 2 nitrogen and oxygen atoms in total. The molecular formula is C21H37NO. The summed E-state index contributed by atoms with van der Waals surface area (Å²) in [5, 5.41) is 11.3. The zero-order valence-electron chi connectivity index (χ0n) is 15.4. The number of nitrogens with two attached hydrogens (primary N) is 1. The van der Waals surface area contributed by atoms with E-state index in [2.05, 4.69) is 20.8 Å². The van der Waals surface area contributed by atoms with Crippen molar-refractivity contribution in [2.24, 2.45) is 46.2 Å². The Morgan fingerprint density at radius 2 is 1.78 bits per heavy atom. The first kappa shape index (κ1) is 16.4. The lowest BCUT2D eigenvalue weighted by molar-refractivity contribution is -0.169. The average molecular weight is 320 g/mol. The number of fused-ring (bicyclic) bond motifs is 5. The van der Waals surface area contributed by atoms with Crippen molar-refractivity contribution < 1.29 is 5.11 Å². The molecule has 0 spiro atoms. The Bertz CT molecular complexity index is 463. The molecule has 4 rings (SSSR count). The highest BCUT2D eigenvalue weighted by Crippen LogP contribution is 2.67. The van der Waals surface area contributed by atoms with Gasteiger partial charge in [0, 0.05) is 6.04 Å². The van der Waals surface area contributed by atoms with E-state index in [1.807, 2.05) is 0 Å². The first-order chi connectivity index (χ1) is 10.9. The number of aliphatic hydroxyl groups excluding tert-OH is 1. The molecule has 2 heteroatoms. The van der Waals surface area contributed by atoms with Crippen LogP contribution in [0.4, 0.5) is 0 Å². The molecule has 0 saturated heterocycles. The van der Waals surface area contributed by atoms with Crippen LogP contribution in [0.2, 0.25) is 0 Å². The van der Waals surface area contributed by atoms with Crippen molar-refractivity contribution >= 4 is 0 Å². The van der Waals surface area contributed by atoms with E-state index in [9.17, 15) is 5.11 Å². The summed E-state index contributed by atoms with van der Waals surface area (Å²) in [7, 11) is 0. The first-order valence-corrected chi connectivity index (χ1v) is 10.3. The minimum absolute atomic E-state index is 0.0912. The lowest BCUT2D eigenvalue weighted by Crippen LogP contribution is -2.59. The van der Waals surface area contributed by atoms with Gasteiger partial charge >= 0.3 is 0 Å². The summed E-state index contributed by atoms with van der Waals surface area (Å²) < 4.78 is 0. The summed E-state index contributed by atoms with van der Waals surface area (Å²) in [6.45, 7) is 7.20. The van der Waals surface area contributed by atoms with Crippen LogP contribution in [0.25, 0.3) is 0 Å². The summed E-state index contributed by atoms with van der Waals surface area (Å²) in [4.78, 5) is 0. The molecule has 0 aliphatic heterocycles. The Balaban J connectivity index is 1.67. The Morgan fingerprint density at radius 1 is 1.00 bits per heavy atom. The molecule has 0 amide bonds. The highest BCUT2D eigenvalue weighted by Gasteiger charge is 2.62. The molecule has 4 fully saturated rings. The summed E-state index contributed by atoms with van der Waals surface area (Å²) in [5.41, 5.74) is 7.05. The fraction of sp³-hybridized carbons (Fsp3) is 1.00. The number of hydrogen-bond donors (Lipinski definition) is 2. The maximum Gasteiger partial charge on any atom is 0.0581 e. The van der Waals surface area contributed by atoms with Crippen LogP contribution in [0.3, 0.4) is 0 Å². The molecule has 0 heterocycles. The quantitative estimate of drug-likeness (QED) is 0.754. The molecule has 3 N–H and O–H groups in total. The third-order valence-electron chi connectivity index (χ3n) is 9.22. The normalized spacial score (nSPS) is 57.3. The Labute approximate surface area is 142 Å². The number of hydrogen-bond acceptors (Lipinski definition) is 2. The Morgan fingerprint density at radius 3 is 2.52 bits per heavy atom. The van der Waals surface area contributed by atoms with Gasteiger partial charge in [-0.3, -0.25) is 0 Å². The fourth-order valence-corrected chi connectivity index (χ4v) is 8.32. The topological polar surface area (TPSA) is 46.2 Å².